The summed E-state index contributed by atoms with van der Waals surface area (Å²) in [6, 6.07) is 10.0. The van der Waals surface area contributed by atoms with Crippen molar-refractivity contribution in [3.8, 4) is 0 Å². The molecule has 0 aliphatic carbocycles. The van der Waals surface area contributed by atoms with Crippen LogP contribution in [-0.4, -0.2) is 16.4 Å². The van der Waals surface area contributed by atoms with Gasteiger partial charge in [-0.2, -0.15) is 5.10 Å². The molecule has 15 heavy (non-hydrogen) atoms. The molecule has 1 aromatic heterocycles. The third kappa shape index (κ3) is 2.13. The summed E-state index contributed by atoms with van der Waals surface area (Å²) in [5, 5.41) is 7.00. The number of aromatic nitrogens is 2. The Morgan fingerprint density at radius 1 is 1.20 bits per heavy atom. The standard InChI is InChI=1S/C12H13N3/c1-9-12(10(2)15-14-9)13-8-11-6-4-3-5-7-11/h3-8H,1-2H3,(H,14,15)/b13-8+. The highest BCUT2D eigenvalue weighted by atomic mass is 15.1. The molecule has 76 valence electrons. The summed E-state index contributed by atoms with van der Waals surface area (Å²) in [4.78, 5) is 4.42. The van der Waals surface area contributed by atoms with Crippen molar-refractivity contribution >= 4 is 11.9 Å². The Morgan fingerprint density at radius 2 is 1.93 bits per heavy atom. The number of nitrogens with zero attached hydrogens (tertiary/aromatic N) is 2. The number of nitrogens with one attached hydrogen (secondary N) is 1. The minimum atomic E-state index is 0.929. The first-order chi connectivity index (χ1) is 7.27. The Bertz CT molecular complexity index is 449. The van der Waals surface area contributed by atoms with Gasteiger partial charge in [-0.3, -0.25) is 10.1 Å². The highest BCUT2D eigenvalue weighted by Gasteiger charge is 2.02. The van der Waals surface area contributed by atoms with Crippen LogP contribution in [0.1, 0.15) is 17.0 Å². The fourth-order valence-corrected chi connectivity index (χ4v) is 1.41. The molecule has 0 fully saturated rings. The van der Waals surface area contributed by atoms with E-state index in [1.54, 1.807) is 0 Å². The number of benzene rings is 1. The van der Waals surface area contributed by atoms with Crippen LogP contribution in [0.2, 0.25) is 0 Å². The predicted molar refractivity (Wildman–Crippen MR) is 61.8 cm³/mol. The second kappa shape index (κ2) is 4.09. The molecule has 0 atom stereocenters. The van der Waals surface area contributed by atoms with E-state index in [9.17, 15) is 0 Å². The van der Waals surface area contributed by atoms with Crippen molar-refractivity contribution in [1.29, 1.82) is 0 Å². The Hall–Kier alpha value is -1.90. The van der Waals surface area contributed by atoms with Gasteiger partial charge in [0, 0.05) is 6.21 Å². The van der Waals surface area contributed by atoms with Crippen LogP contribution in [0.25, 0.3) is 0 Å². The SMILES string of the molecule is Cc1n[nH]c(C)c1/N=C/c1ccccc1. The molecule has 3 heteroatoms. The summed E-state index contributed by atoms with van der Waals surface area (Å²) in [5.74, 6) is 0. The van der Waals surface area contributed by atoms with Crippen LogP contribution in [0, 0.1) is 13.8 Å². The molecule has 1 aromatic carbocycles. The summed E-state index contributed by atoms with van der Waals surface area (Å²) < 4.78 is 0. The maximum absolute atomic E-state index is 4.42. The van der Waals surface area contributed by atoms with Crippen molar-refractivity contribution in [2.24, 2.45) is 4.99 Å². The van der Waals surface area contributed by atoms with Crippen molar-refractivity contribution in [3.05, 3.63) is 47.3 Å². The number of aliphatic imine (C=N–C) groups is 1. The van der Waals surface area contributed by atoms with Crippen molar-refractivity contribution < 1.29 is 0 Å². The van der Waals surface area contributed by atoms with Crippen LogP contribution in [-0.2, 0) is 0 Å². The number of hydrogen-bond acceptors (Lipinski definition) is 2. The van der Waals surface area contributed by atoms with Gasteiger partial charge in [0.25, 0.3) is 0 Å². The number of aryl methyl sites for hydroxylation is 2. The predicted octanol–water partition coefficient (Wildman–Crippen LogP) is 2.78. The monoisotopic (exact) mass is 199 g/mol. The smallest absolute Gasteiger partial charge is 0.106 e. The first-order valence-electron chi connectivity index (χ1n) is 4.88. The molecule has 0 radical (unpaired) electrons. The molecule has 0 aliphatic rings. The first kappa shape index (κ1) is 9.65. The molecule has 0 amide bonds. The van der Waals surface area contributed by atoms with Gasteiger partial charge < -0.3 is 0 Å². The molecule has 2 rings (SSSR count). The average molecular weight is 199 g/mol. The molecule has 0 unspecified atom stereocenters. The summed E-state index contributed by atoms with van der Waals surface area (Å²) in [5.41, 5.74) is 3.95. The summed E-state index contributed by atoms with van der Waals surface area (Å²) in [7, 11) is 0. The minimum absolute atomic E-state index is 0.929. The number of rotatable bonds is 2. The Balaban J connectivity index is 2.26. The lowest BCUT2D eigenvalue weighted by molar-refractivity contribution is 1.02. The van der Waals surface area contributed by atoms with Crippen LogP contribution in [0.3, 0.4) is 0 Å². The van der Waals surface area contributed by atoms with Crippen LogP contribution in [0.4, 0.5) is 5.69 Å². The molecular weight excluding hydrogens is 186 g/mol. The normalized spacial score (nSPS) is 11.1. The van der Waals surface area contributed by atoms with Gasteiger partial charge in [0.1, 0.15) is 5.69 Å². The summed E-state index contributed by atoms with van der Waals surface area (Å²) >= 11 is 0. The summed E-state index contributed by atoms with van der Waals surface area (Å²) in [6.45, 7) is 3.92. The fraction of sp³-hybridized carbons (Fsp3) is 0.167. The van der Waals surface area contributed by atoms with Gasteiger partial charge in [-0.1, -0.05) is 30.3 Å². The van der Waals surface area contributed by atoms with Gasteiger partial charge in [-0.15, -0.1) is 0 Å². The third-order valence-electron chi connectivity index (χ3n) is 2.23. The van der Waals surface area contributed by atoms with Crippen molar-refractivity contribution in [3.63, 3.8) is 0 Å². The van der Waals surface area contributed by atoms with E-state index in [1.165, 1.54) is 0 Å². The number of aromatic amines is 1. The third-order valence-corrected chi connectivity index (χ3v) is 2.23. The molecule has 0 spiro atoms. The Morgan fingerprint density at radius 3 is 2.53 bits per heavy atom. The largest absolute Gasteiger partial charge is 0.280 e. The highest BCUT2D eigenvalue weighted by Crippen LogP contribution is 2.19. The van der Waals surface area contributed by atoms with E-state index in [1.807, 2.05) is 50.4 Å². The highest BCUT2D eigenvalue weighted by molar-refractivity contribution is 5.82. The topological polar surface area (TPSA) is 41.0 Å². The lowest BCUT2D eigenvalue weighted by Gasteiger charge is -1.93. The average Bonchev–Trinajstić information content (AvgIpc) is 2.58. The molecule has 1 heterocycles. The van der Waals surface area contributed by atoms with Gasteiger partial charge >= 0.3 is 0 Å². The van der Waals surface area contributed by atoms with E-state index in [4.69, 9.17) is 0 Å². The molecule has 0 saturated carbocycles. The van der Waals surface area contributed by atoms with Crippen LogP contribution < -0.4 is 0 Å². The van der Waals surface area contributed by atoms with Gasteiger partial charge in [-0.25, -0.2) is 0 Å². The second-order valence-corrected chi connectivity index (χ2v) is 3.45. The minimum Gasteiger partial charge on any atom is -0.280 e. The van der Waals surface area contributed by atoms with Gasteiger partial charge in [0.05, 0.1) is 11.4 Å². The van der Waals surface area contributed by atoms with Crippen LogP contribution in [0.15, 0.2) is 35.3 Å². The molecule has 0 saturated heterocycles. The van der Waals surface area contributed by atoms with E-state index < -0.39 is 0 Å². The number of H-pyrrole nitrogens is 1. The van der Waals surface area contributed by atoms with Gasteiger partial charge in [-0.05, 0) is 19.4 Å². The quantitative estimate of drug-likeness (QED) is 0.742. The van der Waals surface area contributed by atoms with Crippen LogP contribution >= 0.6 is 0 Å². The maximum atomic E-state index is 4.42. The van der Waals surface area contributed by atoms with Crippen LogP contribution in [0.5, 0.6) is 0 Å². The lowest BCUT2D eigenvalue weighted by atomic mass is 10.2. The molecule has 2 aromatic rings. The van der Waals surface area contributed by atoms with E-state index in [0.29, 0.717) is 0 Å². The van der Waals surface area contributed by atoms with Crippen molar-refractivity contribution in [1.82, 2.24) is 10.2 Å². The fourth-order valence-electron chi connectivity index (χ4n) is 1.41. The van der Waals surface area contributed by atoms with E-state index in [2.05, 4.69) is 15.2 Å². The van der Waals surface area contributed by atoms with E-state index >= 15 is 0 Å². The Labute approximate surface area is 88.9 Å². The molecule has 3 nitrogen and oxygen atoms in total. The zero-order chi connectivity index (χ0) is 10.7. The second-order valence-electron chi connectivity index (χ2n) is 3.45. The zero-order valence-electron chi connectivity index (χ0n) is 8.86. The zero-order valence-corrected chi connectivity index (χ0v) is 8.86. The van der Waals surface area contributed by atoms with Crippen molar-refractivity contribution in [2.45, 2.75) is 13.8 Å². The lowest BCUT2D eigenvalue weighted by Crippen LogP contribution is -1.79. The number of hydrogen-bond donors (Lipinski definition) is 1. The summed E-state index contributed by atoms with van der Waals surface area (Å²) in [6.07, 6.45) is 1.85. The molecule has 0 bridgehead atoms. The first-order valence-corrected chi connectivity index (χ1v) is 4.88. The van der Waals surface area contributed by atoms with Gasteiger partial charge in [0.15, 0.2) is 0 Å². The maximum Gasteiger partial charge on any atom is 0.106 e. The molecule has 1 N–H and O–H groups in total. The van der Waals surface area contributed by atoms with Gasteiger partial charge in [0.2, 0.25) is 0 Å². The Kier molecular flexibility index (Phi) is 2.63. The van der Waals surface area contributed by atoms with E-state index in [-0.39, 0.29) is 0 Å². The van der Waals surface area contributed by atoms with E-state index in [0.717, 1.165) is 22.6 Å². The molecule has 0 aliphatic heterocycles. The van der Waals surface area contributed by atoms with Crippen molar-refractivity contribution in [2.75, 3.05) is 0 Å². The molecular formula is C12H13N3.